The Morgan fingerprint density at radius 3 is 2.48 bits per heavy atom. The van der Waals surface area contributed by atoms with E-state index in [4.69, 9.17) is 14.6 Å². The molecule has 0 saturated heterocycles. The summed E-state index contributed by atoms with van der Waals surface area (Å²) in [5, 5.41) is 35.0. The molecule has 14 nitrogen and oxygen atoms in total. The van der Waals surface area contributed by atoms with Crippen LogP contribution in [-0.4, -0.2) is 75.9 Å². The Morgan fingerprint density at radius 1 is 1.14 bits per heavy atom. The molecule has 0 radical (unpaired) electrons. The molecule has 17 heteroatoms. The third-order valence-corrected chi connectivity index (χ3v) is 8.65. The Hall–Kier alpha value is -4.19. The van der Waals surface area contributed by atoms with E-state index in [0.717, 1.165) is 11.3 Å². The number of nitrogens with one attached hydrogen (secondary N) is 1. The summed E-state index contributed by atoms with van der Waals surface area (Å²) in [6, 6.07) is 9.10. The molecule has 3 atom stereocenters. The molecule has 0 aliphatic rings. The minimum Gasteiger partial charge on any atom is -0.491 e. The van der Waals surface area contributed by atoms with Gasteiger partial charge in [0.25, 0.3) is 10.0 Å². The number of halogens is 1. The molecule has 4 aromatic rings. The molecule has 0 saturated carbocycles. The summed E-state index contributed by atoms with van der Waals surface area (Å²) in [6.07, 6.45) is 0.278. The number of aliphatic hydroxyl groups is 1. The number of carboxylic acids is 1. The first-order chi connectivity index (χ1) is 20.8. The van der Waals surface area contributed by atoms with E-state index in [9.17, 15) is 32.6 Å². The number of hydrogen-bond donors (Lipinski definition) is 4. The molecular weight excluding hydrogens is 619 g/mol. The molecule has 0 aliphatic carbocycles. The molecule has 0 fully saturated rings. The third-order valence-electron chi connectivity index (χ3n) is 6.31. The van der Waals surface area contributed by atoms with Crippen LogP contribution in [0.3, 0.4) is 0 Å². The van der Waals surface area contributed by atoms with Crippen LogP contribution in [0.4, 0.5) is 4.39 Å². The van der Waals surface area contributed by atoms with Crippen molar-refractivity contribution in [3.05, 3.63) is 59.9 Å². The lowest BCUT2D eigenvalue weighted by atomic mass is 10.0. The van der Waals surface area contributed by atoms with Gasteiger partial charge in [0.05, 0.1) is 16.4 Å². The highest BCUT2D eigenvalue weighted by Crippen LogP contribution is 2.28. The molecule has 2 heterocycles. The van der Waals surface area contributed by atoms with E-state index in [-0.39, 0.29) is 29.9 Å². The number of aliphatic hydroxyl groups excluding tert-OH is 1. The van der Waals surface area contributed by atoms with Crippen LogP contribution >= 0.6 is 11.3 Å². The van der Waals surface area contributed by atoms with Crippen molar-refractivity contribution in [2.75, 3.05) is 13.3 Å². The highest BCUT2D eigenvalue weighted by molar-refractivity contribution is 7.91. The van der Waals surface area contributed by atoms with E-state index >= 15 is 0 Å². The molecule has 3 unspecified atom stereocenters. The molecule has 0 aliphatic heterocycles. The summed E-state index contributed by atoms with van der Waals surface area (Å²) in [7, 11) is -3.93. The number of aliphatic carboxylic acids is 1. The molecule has 2 aromatic carbocycles. The van der Waals surface area contributed by atoms with Crippen LogP contribution in [0.2, 0.25) is 0 Å². The van der Waals surface area contributed by atoms with Crippen LogP contribution in [0.15, 0.2) is 53.0 Å². The first-order valence-electron chi connectivity index (χ1n) is 13.3. The van der Waals surface area contributed by atoms with Crippen LogP contribution in [0.5, 0.6) is 11.5 Å². The average molecular weight is 651 g/mol. The second-order valence-corrected chi connectivity index (χ2v) is 13.0. The molecule has 4 rings (SSSR count). The number of carbonyl (C=O) groups is 2. The number of fused-ring (bicyclic) bond motifs is 1. The third kappa shape index (κ3) is 8.46. The van der Waals surface area contributed by atoms with E-state index in [1.54, 1.807) is 56.3 Å². The van der Waals surface area contributed by atoms with Gasteiger partial charge in [0, 0.05) is 6.42 Å². The van der Waals surface area contributed by atoms with Crippen molar-refractivity contribution in [3.8, 4) is 11.5 Å². The number of rotatable bonds is 15. The summed E-state index contributed by atoms with van der Waals surface area (Å²) < 4.78 is 48.3. The minimum absolute atomic E-state index is 0.0109. The van der Waals surface area contributed by atoms with Gasteiger partial charge in [-0.05, 0) is 41.8 Å². The van der Waals surface area contributed by atoms with E-state index < -0.39 is 46.8 Å². The molecular formula is C27H31FN6O8S2. The zero-order valence-corrected chi connectivity index (χ0v) is 25.3. The fourth-order valence-electron chi connectivity index (χ4n) is 4.15. The highest BCUT2D eigenvalue weighted by atomic mass is 32.2. The number of alkyl halides is 1. The fourth-order valence-corrected chi connectivity index (χ4v) is 5.83. The number of hydrogen-bond acceptors (Lipinski definition) is 11. The van der Waals surface area contributed by atoms with Gasteiger partial charge in [-0.3, -0.25) is 4.79 Å². The molecule has 1 amide bonds. The number of carbonyl (C=O) groups excluding carboxylic acids is 1. The van der Waals surface area contributed by atoms with E-state index in [1.807, 2.05) is 0 Å². The maximum atomic E-state index is 13.3. The van der Waals surface area contributed by atoms with Crippen LogP contribution in [0.1, 0.15) is 31.1 Å². The van der Waals surface area contributed by atoms with Gasteiger partial charge in [0.15, 0.2) is 0 Å². The first kappa shape index (κ1) is 32.7. The topological polar surface area (TPSA) is 209 Å². The maximum absolute atomic E-state index is 13.3. The molecule has 236 valence electrons. The number of sulfonamides is 1. The predicted molar refractivity (Wildman–Crippen MR) is 156 cm³/mol. The fraction of sp³-hybridized carbons (Fsp3) is 0.370. The second kappa shape index (κ2) is 14.1. The number of nitrogens with zero attached hydrogens (tertiary/aromatic N) is 4. The van der Waals surface area contributed by atoms with Gasteiger partial charge in [0.1, 0.15) is 55.3 Å². The monoisotopic (exact) mass is 650 g/mol. The van der Waals surface area contributed by atoms with Crippen molar-refractivity contribution in [2.24, 2.45) is 11.1 Å². The molecule has 0 spiro atoms. The Morgan fingerprint density at radius 2 is 1.84 bits per heavy atom. The normalized spacial score (nSPS) is 13.9. The number of thiazole rings is 1. The van der Waals surface area contributed by atoms with Gasteiger partial charge in [-0.15, -0.1) is 16.4 Å². The summed E-state index contributed by atoms with van der Waals surface area (Å²) in [5.74, 6) is -1.27. The molecule has 0 bridgehead atoms. The van der Waals surface area contributed by atoms with E-state index in [2.05, 4.69) is 20.6 Å². The summed E-state index contributed by atoms with van der Waals surface area (Å²) in [4.78, 5) is 29.3. The summed E-state index contributed by atoms with van der Waals surface area (Å²) in [6.45, 7) is 2.41. The zero-order chi connectivity index (χ0) is 32.0. The Labute approximate surface area is 255 Å². The first-order valence-corrected chi connectivity index (χ1v) is 15.7. The van der Waals surface area contributed by atoms with Gasteiger partial charge < -0.3 is 25.0 Å². The zero-order valence-electron chi connectivity index (χ0n) is 23.7. The SMILES string of the molecule is CC(C)C(C(=O)NC(Cc1ccc(OCC(O)CF)cc1)C(=O)O)n1cc(COc2ccc3nc(S(N)(=O)=O)sc3c2)nn1. The Balaban J connectivity index is 1.39. The number of aromatic nitrogens is 4. The molecule has 5 N–H and O–H groups in total. The lowest BCUT2D eigenvalue weighted by Crippen LogP contribution is -2.46. The quantitative estimate of drug-likeness (QED) is 0.146. The van der Waals surface area contributed by atoms with Gasteiger partial charge in [-0.1, -0.05) is 31.2 Å². The summed E-state index contributed by atoms with van der Waals surface area (Å²) in [5.41, 5.74) is 1.46. The standard InChI is InChI=1S/C27H31FN6O8S2/c1-15(2)24(25(36)30-22(26(37)38)9-16-3-5-19(6-4-16)42-14-18(35)11-28)34-12-17(32-33-34)13-41-20-7-8-21-23(10-20)43-27(31-21)44(29,39)40/h3-8,10,12,15,18,22,24,35H,9,11,13-14H2,1-2H3,(H,30,36)(H,37,38)(H2,29,39,40). The van der Waals surface area contributed by atoms with Crippen LogP contribution in [0, 0.1) is 5.92 Å². The van der Waals surface area contributed by atoms with E-state index in [0.29, 0.717) is 33.0 Å². The summed E-state index contributed by atoms with van der Waals surface area (Å²) >= 11 is 0.918. The van der Waals surface area contributed by atoms with Crippen molar-refractivity contribution in [2.45, 2.75) is 49.4 Å². The Bertz CT molecular complexity index is 1710. The molecule has 44 heavy (non-hydrogen) atoms. The van der Waals surface area contributed by atoms with Gasteiger partial charge >= 0.3 is 5.97 Å². The number of primary sulfonamides is 1. The van der Waals surface area contributed by atoms with Crippen LogP contribution < -0.4 is 19.9 Å². The van der Waals surface area contributed by atoms with E-state index in [1.165, 1.54) is 10.9 Å². The smallest absolute Gasteiger partial charge is 0.326 e. The second-order valence-electron chi connectivity index (χ2n) is 10.2. The van der Waals surface area contributed by atoms with Crippen molar-refractivity contribution < 1.29 is 42.1 Å². The maximum Gasteiger partial charge on any atom is 0.326 e. The van der Waals surface area contributed by atoms with Crippen molar-refractivity contribution in [1.29, 1.82) is 0 Å². The largest absolute Gasteiger partial charge is 0.491 e. The number of carboxylic acid groups (broad SMARTS) is 1. The minimum atomic E-state index is -3.93. The number of nitrogens with two attached hydrogens (primary N) is 1. The van der Waals surface area contributed by atoms with Crippen LogP contribution in [-0.2, 0) is 32.6 Å². The van der Waals surface area contributed by atoms with Gasteiger partial charge in [0.2, 0.25) is 10.2 Å². The lowest BCUT2D eigenvalue weighted by Gasteiger charge is -2.23. The predicted octanol–water partition coefficient (Wildman–Crippen LogP) is 1.83. The molecule has 2 aromatic heterocycles. The van der Waals surface area contributed by atoms with Crippen LogP contribution in [0.25, 0.3) is 10.2 Å². The Kier molecular flexibility index (Phi) is 10.5. The number of amides is 1. The highest BCUT2D eigenvalue weighted by Gasteiger charge is 2.30. The lowest BCUT2D eigenvalue weighted by molar-refractivity contribution is -0.142. The van der Waals surface area contributed by atoms with Crippen molar-refractivity contribution >= 4 is 43.5 Å². The van der Waals surface area contributed by atoms with Crippen molar-refractivity contribution in [1.82, 2.24) is 25.3 Å². The van der Waals surface area contributed by atoms with Gasteiger partial charge in [-0.25, -0.2) is 32.4 Å². The number of benzene rings is 2. The number of ether oxygens (including phenoxy) is 2. The van der Waals surface area contributed by atoms with Crippen molar-refractivity contribution in [3.63, 3.8) is 0 Å². The van der Waals surface area contributed by atoms with Gasteiger partial charge in [-0.2, -0.15) is 0 Å². The average Bonchev–Trinajstić information content (AvgIpc) is 3.62.